The van der Waals surface area contributed by atoms with Gasteiger partial charge in [-0.15, -0.1) is 0 Å². The molecule has 1 aliphatic heterocycles. The highest BCUT2D eigenvalue weighted by Crippen LogP contribution is 2.24. The normalized spacial score (nSPS) is 18.5. The Hall–Kier alpha value is -2.32. The lowest BCUT2D eigenvalue weighted by Crippen LogP contribution is -2.43. The molecular formula is C18H20FN3O3S. The maximum atomic E-state index is 13.1. The van der Waals surface area contributed by atoms with Gasteiger partial charge in [0.05, 0.1) is 10.8 Å². The van der Waals surface area contributed by atoms with Crippen LogP contribution in [0.1, 0.15) is 18.5 Å². The lowest BCUT2D eigenvalue weighted by Gasteiger charge is -2.31. The summed E-state index contributed by atoms with van der Waals surface area (Å²) in [6.07, 6.45) is 1.19. The van der Waals surface area contributed by atoms with Gasteiger partial charge in [-0.3, -0.25) is 4.79 Å². The monoisotopic (exact) mass is 377 g/mol. The minimum Gasteiger partial charge on any atom is -0.310 e. The first-order valence-corrected chi connectivity index (χ1v) is 9.80. The standard InChI is InChI=1S/C18H20FN3O3S/c1-13-4-2-6-17(20-13)21-18(23)14-5-3-11-22(12-14)26(24,25)16-9-7-15(19)8-10-16/h2,4,6-10,14H,3,5,11-12H2,1H3,(H,20,21,23). The van der Waals surface area contributed by atoms with Crippen LogP contribution in [0.2, 0.25) is 0 Å². The van der Waals surface area contributed by atoms with E-state index in [0.29, 0.717) is 25.2 Å². The van der Waals surface area contributed by atoms with E-state index in [1.807, 2.05) is 13.0 Å². The molecule has 1 amide bonds. The van der Waals surface area contributed by atoms with Gasteiger partial charge >= 0.3 is 0 Å². The van der Waals surface area contributed by atoms with E-state index in [9.17, 15) is 17.6 Å². The number of hydrogen-bond acceptors (Lipinski definition) is 4. The molecule has 2 heterocycles. The summed E-state index contributed by atoms with van der Waals surface area (Å²) in [5, 5.41) is 2.75. The Morgan fingerprint density at radius 1 is 1.23 bits per heavy atom. The predicted molar refractivity (Wildman–Crippen MR) is 95.5 cm³/mol. The Balaban J connectivity index is 1.72. The molecule has 8 heteroatoms. The number of pyridine rings is 1. The van der Waals surface area contributed by atoms with E-state index in [4.69, 9.17) is 0 Å². The zero-order valence-electron chi connectivity index (χ0n) is 14.4. The van der Waals surface area contributed by atoms with E-state index in [1.165, 1.54) is 16.4 Å². The van der Waals surface area contributed by atoms with Gasteiger partial charge in [0.1, 0.15) is 11.6 Å². The van der Waals surface area contributed by atoms with Crippen LogP contribution in [-0.2, 0) is 14.8 Å². The molecule has 138 valence electrons. The average Bonchev–Trinajstić information content (AvgIpc) is 2.62. The third kappa shape index (κ3) is 4.08. The number of hydrogen-bond donors (Lipinski definition) is 1. The zero-order chi connectivity index (χ0) is 18.7. The molecule has 0 aliphatic carbocycles. The van der Waals surface area contributed by atoms with Gasteiger partial charge in [0.15, 0.2) is 0 Å². The summed E-state index contributed by atoms with van der Waals surface area (Å²) < 4.78 is 39.8. The summed E-state index contributed by atoms with van der Waals surface area (Å²) in [6.45, 7) is 2.26. The number of halogens is 1. The molecular weight excluding hydrogens is 357 g/mol. The number of carbonyl (C=O) groups is 1. The zero-order valence-corrected chi connectivity index (χ0v) is 15.2. The number of carbonyl (C=O) groups excluding carboxylic acids is 1. The third-order valence-electron chi connectivity index (χ3n) is 4.35. The van der Waals surface area contributed by atoms with E-state index in [0.717, 1.165) is 17.8 Å². The second-order valence-electron chi connectivity index (χ2n) is 6.31. The van der Waals surface area contributed by atoms with Gasteiger partial charge < -0.3 is 5.32 Å². The van der Waals surface area contributed by atoms with Crippen molar-refractivity contribution in [3.63, 3.8) is 0 Å². The SMILES string of the molecule is Cc1cccc(NC(=O)C2CCCN(S(=O)(=O)c3ccc(F)cc3)C2)n1. The van der Waals surface area contributed by atoms with Crippen molar-refractivity contribution >= 4 is 21.7 Å². The Labute approximate surface area is 152 Å². The van der Waals surface area contributed by atoms with E-state index < -0.39 is 21.8 Å². The molecule has 6 nitrogen and oxygen atoms in total. The molecule has 1 aliphatic rings. The molecule has 1 saturated heterocycles. The van der Waals surface area contributed by atoms with Crippen LogP contribution in [0.4, 0.5) is 10.2 Å². The van der Waals surface area contributed by atoms with Crippen LogP contribution in [0.3, 0.4) is 0 Å². The fraction of sp³-hybridized carbons (Fsp3) is 0.333. The maximum absolute atomic E-state index is 13.1. The van der Waals surface area contributed by atoms with Crippen LogP contribution in [0.5, 0.6) is 0 Å². The van der Waals surface area contributed by atoms with Crippen LogP contribution < -0.4 is 5.32 Å². The van der Waals surface area contributed by atoms with Crippen LogP contribution in [0.25, 0.3) is 0 Å². The molecule has 26 heavy (non-hydrogen) atoms. The molecule has 0 spiro atoms. The van der Waals surface area contributed by atoms with Crippen LogP contribution in [-0.4, -0.2) is 36.7 Å². The van der Waals surface area contributed by atoms with Crippen molar-refractivity contribution in [1.29, 1.82) is 0 Å². The molecule has 2 aromatic rings. The fourth-order valence-corrected chi connectivity index (χ4v) is 4.50. The molecule has 1 aromatic heterocycles. The first kappa shape index (κ1) is 18.5. The summed E-state index contributed by atoms with van der Waals surface area (Å²) in [5.74, 6) is -0.748. The summed E-state index contributed by atoms with van der Waals surface area (Å²) in [7, 11) is -3.75. The largest absolute Gasteiger partial charge is 0.310 e. The first-order chi connectivity index (χ1) is 12.4. The number of benzene rings is 1. The van der Waals surface area contributed by atoms with Gasteiger partial charge in [0, 0.05) is 18.8 Å². The highest BCUT2D eigenvalue weighted by atomic mass is 32.2. The molecule has 3 rings (SSSR count). The Bertz CT molecular complexity index is 900. The van der Waals surface area contributed by atoms with Crippen LogP contribution in [0.15, 0.2) is 47.4 Å². The molecule has 0 radical (unpaired) electrons. The number of amides is 1. The van der Waals surface area contributed by atoms with E-state index >= 15 is 0 Å². The minimum atomic E-state index is -3.75. The number of aromatic nitrogens is 1. The number of aryl methyl sites for hydroxylation is 1. The summed E-state index contributed by atoms with van der Waals surface area (Å²) in [6, 6.07) is 10.0. The Morgan fingerprint density at radius 3 is 2.65 bits per heavy atom. The number of piperidine rings is 1. The van der Waals surface area contributed by atoms with E-state index in [-0.39, 0.29) is 17.3 Å². The summed E-state index contributed by atoms with van der Waals surface area (Å²) in [5.41, 5.74) is 0.784. The van der Waals surface area contributed by atoms with Crippen molar-refractivity contribution in [3.05, 3.63) is 54.0 Å². The van der Waals surface area contributed by atoms with Crippen molar-refractivity contribution in [2.75, 3.05) is 18.4 Å². The summed E-state index contributed by atoms with van der Waals surface area (Å²) in [4.78, 5) is 16.8. The molecule has 1 atom stereocenters. The summed E-state index contributed by atoms with van der Waals surface area (Å²) >= 11 is 0. The number of sulfonamides is 1. The lowest BCUT2D eigenvalue weighted by molar-refractivity contribution is -0.120. The maximum Gasteiger partial charge on any atom is 0.243 e. The van der Waals surface area contributed by atoms with Crippen LogP contribution in [0, 0.1) is 18.7 Å². The van der Waals surface area contributed by atoms with Crippen molar-refractivity contribution in [2.45, 2.75) is 24.7 Å². The van der Waals surface area contributed by atoms with Gasteiger partial charge in [0.2, 0.25) is 15.9 Å². The predicted octanol–water partition coefficient (Wildman–Crippen LogP) is 2.57. The number of rotatable bonds is 4. The Kier molecular flexibility index (Phi) is 5.33. The van der Waals surface area contributed by atoms with E-state index in [2.05, 4.69) is 10.3 Å². The second kappa shape index (κ2) is 7.51. The number of nitrogens with one attached hydrogen (secondary N) is 1. The number of nitrogens with zero attached hydrogens (tertiary/aromatic N) is 2. The van der Waals surface area contributed by atoms with Gasteiger partial charge in [-0.25, -0.2) is 17.8 Å². The topological polar surface area (TPSA) is 79.4 Å². The third-order valence-corrected chi connectivity index (χ3v) is 6.23. The first-order valence-electron chi connectivity index (χ1n) is 8.36. The Morgan fingerprint density at radius 2 is 1.96 bits per heavy atom. The van der Waals surface area contributed by atoms with Gasteiger partial charge in [-0.05, 0) is 56.2 Å². The van der Waals surface area contributed by atoms with E-state index in [1.54, 1.807) is 12.1 Å². The lowest BCUT2D eigenvalue weighted by atomic mass is 9.99. The quantitative estimate of drug-likeness (QED) is 0.888. The highest BCUT2D eigenvalue weighted by Gasteiger charge is 2.33. The number of anilines is 1. The highest BCUT2D eigenvalue weighted by molar-refractivity contribution is 7.89. The van der Waals surface area contributed by atoms with Crippen molar-refractivity contribution < 1.29 is 17.6 Å². The fourth-order valence-electron chi connectivity index (χ4n) is 2.97. The van der Waals surface area contributed by atoms with Gasteiger partial charge in [-0.1, -0.05) is 6.07 Å². The second-order valence-corrected chi connectivity index (χ2v) is 8.25. The molecule has 0 bridgehead atoms. The molecule has 0 saturated carbocycles. The molecule has 1 unspecified atom stereocenters. The molecule has 1 N–H and O–H groups in total. The molecule has 1 fully saturated rings. The van der Waals surface area contributed by atoms with Gasteiger partial charge in [-0.2, -0.15) is 4.31 Å². The van der Waals surface area contributed by atoms with Crippen LogP contribution >= 0.6 is 0 Å². The van der Waals surface area contributed by atoms with Crippen molar-refractivity contribution in [1.82, 2.24) is 9.29 Å². The molecule has 1 aromatic carbocycles. The van der Waals surface area contributed by atoms with Crippen molar-refractivity contribution in [3.8, 4) is 0 Å². The van der Waals surface area contributed by atoms with Crippen molar-refractivity contribution in [2.24, 2.45) is 5.92 Å². The minimum absolute atomic E-state index is 0.0281. The smallest absolute Gasteiger partial charge is 0.243 e. The van der Waals surface area contributed by atoms with Gasteiger partial charge in [0.25, 0.3) is 0 Å². The average molecular weight is 377 g/mol.